The van der Waals surface area contributed by atoms with Crippen molar-refractivity contribution in [2.75, 3.05) is 6.54 Å². The van der Waals surface area contributed by atoms with Crippen LogP contribution in [0.2, 0.25) is 0 Å². The fourth-order valence-corrected chi connectivity index (χ4v) is 2.02. The van der Waals surface area contributed by atoms with E-state index in [4.69, 9.17) is 5.73 Å². The molecule has 0 saturated heterocycles. The number of ketones is 1. The van der Waals surface area contributed by atoms with Gasteiger partial charge in [-0.3, -0.25) is 4.79 Å². The summed E-state index contributed by atoms with van der Waals surface area (Å²) in [6, 6.07) is 3.20. The van der Waals surface area contributed by atoms with Gasteiger partial charge in [-0.05, 0) is 42.5 Å². The molecule has 1 aromatic rings. The van der Waals surface area contributed by atoms with Crippen molar-refractivity contribution in [2.24, 2.45) is 11.1 Å². The lowest BCUT2D eigenvalue weighted by Gasteiger charge is -2.23. The van der Waals surface area contributed by atoms with E-state index in [-0.39, 0.29) is 17.6 Å². The van der Waals surface area contributed by atoms with E-state index in [1.807, 2.05) is 0 Å². The number of halogens is 2. The van der Waals surface area contributed by atoms with Crippen LogP contribution in [-0.2, 0) is 11.2 Å². The first-order valence-electron chi connectivity index (χ1n) is 6.49. The van der Waals surface area contributed by atoms with Crippen LogP contribution in [0, 0.1) is 17.0 Å². The van der Waals surface area contributed by atoms with Gasteiger partial charge in [0.05, 0.1) is 0 Å². The lowest BCUT2D eigenvalue weighted by Crippen LogP contribution is -2.18. The Morgan fingerprint density at radius 3 is 2.26 bits per heavy atom. The van der Waals surface area contributed by atoms with E-state index in [1.54, 1.807) is 0 Å². The van der Waals surface area contributed by atoms with E-state index in [9.17, 15) is 13.6 Å². The van der Waals surface area contributed by atoms with Crippen molar-refractivity contribution >= 4 is 5.78 Å². The lowest BCUT2D eigenvalue weighted by molar-refractivity contribution is -0.119. The highest BCUT2D eigenvalue weighted by Gasteiger charge is 2.18. The zero-order valence-electron chi connectivity index (χ0n) is 11.5. The first-order valence-corrected chi connectivity index (χ1v) is 6.49. The molecule has 4 heteroatoms. The molecule has 0 aliphatic heterocycles. The molecule has 19 heavy (non-hydrogen) atoms. The average Bonchev–Trinajstić information content (AvgIpc) is 2.25. The number of nitrogens with two attached hydrogens (primary N) is 1. The minimum Gasteiger partial charge on any atom is -0.330 e. The number of rotatable bonds is 7. The van der Waals surface area contributed by atoms with E-state index < -0.39 is 11.6 Å². The molecule has 0 radical (unpaired) electrons. The zero-order chi connectivity index (χ0) is 14.5. The maximum absolute atomic E-state index is 13.0. The van der Waals surface area contributed by atoms with Crippen LogP contribution in [0.25, 0.3) is 0 Å². The third kappa shape index (κ3) is 5.92. The Kier molecular flexibility index (Phi) is 5.60. The summed E-state index contributed by atoms with van der Waals surface area (Å²) in [7, 11) is 0. The number of hydrogen-bond donors (Lipinski definition) is 1. The molecule has 2 N–H and O–H groups in total. The summed E-state index contributed by atoms with van der Waals surface area (Å²) in [4.78, 5) is 11.8. The molecule has 106 valence electrons. The third-order valence-electron chi connectivity index (χ3n) is 3.23. The largest absolute Gasteiger partial charge is 0.330 e. The Bertz CT molecular complexity index is 424. The fraction of sp³-hybridized carbons (Fsp3) is 0.533. The van der Waals surface area contributed by atoms with Crippen molar-refractivity contribution in [3.05, 3.63) is 35.4 Å². The van der Waals surface area contributed by atoms with Crippen molar-refractivity contribution in [1.82, 2.24) is 0 Å². The van der Waals surface area contributed by atoms with Gasteiger partial charge < -0.3 is 5.73 Å². The maximum Gasteiger partial charge on any atom is 0.137 e. The Morgan fingerprint density at radius 2 is 1.74 bits per heavy atom. The van der Waals surface area contributed by atoms with Crippen LogP contribution in [0.15, 0.2) is 18.2 Å². The monoisotopic (exact) mass is 269 g/mol. The predicted octanol–water partition coefficient (Wildman–Crippen LogP) is 3.23. The topological polar surface area (TPSA) is 43.1 Å². The molecule has 0 aromatic heterocycles. The van der Waals surface area contributed by atoms with Gasteiger partial charge in [-0.15, -0.1) is 0 Å². The second-order valence-electron chi connectivity index (χ2n) is 5.70. The Hall–Kier alpha value is -1.29. The lowest BCUT2D eigenvalue weighted by atomic mass is 9.83. The number of benzene rings is 1. The fourth-order valence-electron chi connectivity index (χ4n) is 2.02. The molecule has 0 saturated carbocycles. The molecule has 0 unspecified atom stereocenters. The van der Waals surface area contributed by atoms with Gasteiger partial charge in [-0.2, -0.15) is 0 Å². The molecule has 0 atom stereocenters. The SMILES string of the molecule is CC(C)(CCN)CCC(=O)Cc1cc(F)cc(F)c1. The second-order valence-corrected chi connectivity index (χ2v) is 5.70. The van der Waals surface area contributed by atoms with E-state index in [2.05, 4.69) is 13.8 Å². The summed E-state index contributed by atoms with van der Waals surface area (Å²) in [6.45, 7) is 4.72. The van der Waals surface area contributed by atoms with Gasteiger partial charge in [0.25, 0.3) is 0 Å². The summed E-state index contributed by atoms with van der Waals surface area (Å²) in [6.07, 6.45) is 2.08. The molecular weight excluding hydrogens is 248 g/mol. The highest BCUT2D eigenvalue weighted by Crippen LogP contribution is 2.26. The molecule has 1 aromatic carbocycles. The van der Waals surface area contributed by atoms with Gasteiger partial charge in [0.15, 0.2) is 0 Å². The number of carbonyl (C=O) groups excluding carboxylic acids is 1. The summed E-state index contributed by atoms with van der Waals surface area (Å²) < 4.78 is 26.0. The van der Waals surface area contributed by atoms with E-state index in [0.717, 1.165) is 18.9 Å². The van der Waals surface area contributed by atoms with Gasteiger partial charge in [-0.25, -0.2) is 8.78 Å². The van der Waals surface area contributed by atoms with Crippen LogP contribution < -0.4 is 5.73 Å². The number of carbonyl (C=O) groups is 1. The smallest absolute Gasteiger partial charge is 0.137 e. The normalized spacial score (nSPS) is 11.6. The molecular formula is C15H21F2NO. The second kappa shape index (κ2) is 6.75. The third-order valence-corrected chi connectivity index (χ3v) is 3.23. The molecule has 0 aliphatic carbocycles. The summed E-state index contributed by atoms with van der Waals surface area (Å²) in [5, 5.41) is 0. The predicted molar refractivity (Wildman–Crippen MR) is 71.8 cm³/mol. The summed E-state index contributed by atoms with van der Waals surface area (Å²) >= 11 is 0. The highest BCUT2D eigenvalue weighted by atomic mass is 19.1. The molecule has 0 heterocycles. The standard InChI is InChI=1S/C15H21F2NO/c1-15(2,5-6-18)4-3-14(19)9-11-7-12(16)10-13(17)8-11/h7-8,10H,3-6,9,18H2,1-2H3. The van der Waals surface area contributed by atoms with Crippen LogP contribution in [0.1, 0.15) is 38.7 Å². The van der Waals surface area contributed by atoms with E-state index in [1.165, 1.54) is 12.1 Å². The maximum atomic E-state index is 13.0. The van der Waals surface area contributed by atoms with Crippen LogP contribution >= 0.6 is 0 Å². The van der Waals surface area contributed by atoms with Crippen molar-refractivity contribution in [1.29, 1.82) is 0 Å². The highest BCUT2D eigenvalue weighted by molar-refractivity contribution is 5.80. The first-order chi connectivity index (χ1) is 8.82. The Labute approximate surface area is 113 Å². The number of hydrogen-bond acceptors (Lipinski definition) is 2. The van der Waals surface area contributed by atoms with Gasteiger partial charge in [0.2, 0.25) is 0 Å². The van der Waals surface area contributed by atoms with Crippen LogP contribution in [0.4, 0.5) is 8.78 Å². The quantitative estimate of drug-likeness (QED) is 0.825. The van der Waals surface area contributed by atoms with Crippen molar-refractivity contribution in [3.63, 3.8) is 0 Å². The molecule has 2 nitrogen and oxygen atoms in total. The van der Waals surface area contributed by atoms with Crippen LogP contribution in [0.5, 0.6) is 0 Å². The van der Waals surface area contributed by atoms with Crippen molar-refractivity contribution in [3.8, 4) is 0 Å². The van der Waals surface area contributed by atoms with Crippen LogP contribution in [0.3, 0.4) is 0 Å². The summed E-state index contributed by atoms with van der Waals surface area (Å²) in [5.41, 5.74) is 5.92. The van der Waals surface area contributed by atoms with Gasteiger partial charge >= 0.3 is 0 Å². The molecule has 0 bridgehead atoms. The Balaban J connectivity index is 2.51. The van der Waals surface area contributed by atoms with Crippen molar-refractivity contribution < 1.29 is 13.6 Å². The van der Waals surface area contributed by atoms with E-state index >= 15 is 0 Å². The van der Waals surface area contributed by atoms with Gasteiger partial charge in [-0.1, -0.05) is 13.8 Å². The van der Waals surface area contributed by atoms with Gasteiger partial charge in [0, 0.05) is 18.9 Å². The summed E-state index contributed by atoms with van der Waals surface area (Å²) in [5.74, 6) is -1.30. The molecule has 0 fully saturated rings. The zero-order valence-corrected chi connectivity index (χ0v) is 11.5. The molecule has 1 rings (SSSR count). The minimum atomic E-state index is -0.647. The van der Waals surface area contributed by atoms with Crippen LogP contribution in [-0.4, -0.2) is 12.3 Å². The van der Waals surface area contributed by atoms with E-state index in [0.29, 0.717) is 18.5 Å². The molecule has 0 aliphatic rings. The Morgan fingerprint density at radius 1 is 1.16 bits per heavy atom. The van der Waals surface area contributed by atoms with Crippen molar-refractivity contribution in [2.45, 2.75) is 39.5 Å². The number of Topliss-reactive ketones (excluding diaryl/α,β-unsaturated/α-hetero) is 1. The average molecular weight is 269 g/mol. The molecule has 0 amide bonds. The van der Waals surface area contributed by atoms with Gasteiger partial charge in [0.1, 0.15) is 17.4 Å². The first kappa shape index (κ1) is 15.8. The molecule has 0 spiro atoms. The minimum absolute atomic E-state index is 0.00454.